The zero-order valence-electron chi connectivity index (χ0n) is 12.0. The molecule has 1 unspecified atom stereocenters. The van der Waals surface area contributed by atoms with Crippen LogP contribution in [0.1, 0.15) is 31.2 Å². The molecule has 0 saturated carbocycles. The number of aliphatic hydroxyl groups excluding tert-OH is 1. The number of hydrogen-bond acceptors (Lipinski definition) is 6. The Labute approximate surface area is 123 Å². The summed E-state index contributed by atoms with van der Waals surface area (Å²) < 4.78 is 0. The van der Waals surface area contributed by atoms with Crippen LogP contribution in [0.4, 0.5) is 11.4 Å². The number of nitro groups is 1. The number of rotatable bonds is 6. The highest BCUT2D eigenvalue weighted by Gasteiger charge is 2.23. The number of non-ortho nitro benzene ring substituents is 1. The second-order valence-electron chi connectivity index (χ2n) is 5.38. The standard InChI is InChI=1S/C14H22N4O3/c15-16-14-5-4-13(18(20)21)9-11(14)10-17-7-2-1-3-12(17)6-8-19/h4-5,9,12,16,19H,1-3,6-8,10,15H2. The minimum atomic E-state index is -0.398. The Kier molecular flexibility index (Phi) is 5.49. The molecule has 4 N–H and O–H groups in total. The molecule has 0 amide bonds. The summed E-state index contributed by atoms with van der Waals surface area (Å²) in [7, 11) is 0. The van der Waals surface area contributed by atoms with Crippen molar-refractivity contribution in [2.24, 2.45) is 5.84 Å². The highest BCUT2D eigenvalue weighted by molar-refractivity contribution is 5.55. The van der Waals surface area contributed by atoms with Crippen molar-refractivity contribution in [1.82, 2.24) is 4.90 Å². The number of hydrazine groups is 1. The van der Waals surface area contributed by atoms with Crippen LogP contribution in [0, 0.1) is 10.1 Å². The fraction of sp³-hybridized carbons (Fsp3) is 0.571. The molecular formula is C14H22N4O3. The molecule has 2 rings (SSSR count). The molecule has 21 heavy (non-hydrogen) atoms. The summed E-state index contributed by atoms with van der Waals surface area (Å²) in [5, 5.41) is 20.1. The van der Waals surface area contributed by atoms with Crippen molar-refractivity contribution in [1.29, 1.82) is 0 Å². The van der Waals surface area contributed by atoms with Gasteiger partial charge < -0.3 is 10.5 Å². The quantitative estimate of drug-likeness (QED) is 0.418. The van der Waals surface area contributed by atoms with Gasteiger partial charge in [0.1, 0.15) is 0 Å². The third-order valence-electron chi connectivity index (χ3n) is 4.04. The van der Waals surface area contributed by atoms with Crippen molar-refractivity contribution in [2.45, 2.75) is 38.3 Å². The predicted octanol–water partition coefficient (Wildman–Crippen LogP) is 1.62. The van der Waals surface area contributed by atoms with Gasteiger partial charge in [-0.3, -0.25) is 20.9 Å². The molecule has 1 saturated heterocycles. The van der Waals surface area contributed by atoms with Crippen molar-refractivity contribution < 1.29 is 10.0 Å². The molecule has 1 aliphatic rings. The Hall–Kier alpha value is -1.70. The third kappa shape index (κ3) is 3.90. The lowest BCUT2D eigenvalue weighted by Gasteiger charge is -2.35. The van der Waals surface area contributed by atoms with E-state index in [4.69, 9.17) is 5.84 Å². The summed E-state index contributed by atoms with van der Waals surface area (Å²) >= 11 is 0. The van der Waals surface area contributed by atoms with Gasteiger partial charge in [0.25, 0.3) is 5.69 Å². The molecule has 0 spiro atoms. The van der Waals surface area contributed by atoms with Crippen LogP contribution in [0.5, 0.6) is 0 Å². The number of nitro benzene ring substituents is 1. The molecule has 1 aromatic carbocycles. The molecule has 7 nitrogen and oxygen atoms in total. The van der Waals surface area contributed by atoms with E-state index in [1.54, 1.807) is 12.1 Å². The monoisotopic (exact) mass is 294 g/mol. The van der Waals surface area contributed by atoms with Crippen LogP contribution in [-0.2, 0) is 6.54 Å². The second-order valence-corrected chi connectivity index (χ2v) is 5.38. The van der Waals surface area contributed by atoms with Crippen LogP contribution in [0.15, 0.2) is 18.2 Å². The van der Waals surface area contributed by atoms with E-state index < -0.39 is 4.92 Å². The first kappa shape index (κ1) is 15.7. The number of nitrogen functional groups attached to an aromatic ring is 1. The second kappa shape index (κ2) is 7.35. The smallest absolute Gasteiger partial charge is 0.269 e. The maximum absolute atomic E-state index is 10.9. The van der Waals surface area contributed by atoms with Gasteiger partial charge in [0.05, 0.1) is 10.6 Å². The first-order chi connectivity index (χ1) is 10.2. The SMILES string of the molecule is NNc1ccc([N+](=O)[O-])cc1CN1CCCCC1CCO. The Morgan fingerprint density at radius 2 is 2.29 bits per heavy atom. The fourth-order valence-electron chi connectivity index (χ4n) is 2.93. The summed E-state index contributed by atoms with van der Waals surface area (Å²) in [5.74, 6) is 5.50. The van der Waals surface area contributed by atoms with E-state index in [0.717, 1.165) is 37.8 Å². The van der Waals surface area contributed by atoms with Gasteiger partial charge in [-0.25, -0.2) is 0 Å². The Balaban J connectivity index is 2.19. The van der Waals surface area contributed by atoms with E-state index >= 15 is 0 Å². The number of nitrogens with two attached hydrogens (primary N) is 1. The average molecular weight is 294 g/mol. The topological polar surface area (TPSA) is 105 Å². The van der Waals surface area contributed by atoms with Crippen LogP contribution in [0.3, 0.4) is 0 Å². The molecule has 7 heteroatoms. The van der Waals surface area contributed by atoms with Gasteiger partial charge in [0, 0.05) is 31.3 Å². The fourth-order valence-corrected chi connectivity index (χ4v) is 2.93. The van der Waals surface area contributed by atoms with Crippen molar-refractivity contribution in [2.75, 3.05) is 18.6 Å². The summed E-state index contributed by atoms with van der Waals surface area (Å²) in [6.45, 7) is 1.71. The van der Waals surface area contributed by atoms with Crippen LogP contribution in [0.25, 0.3) is 0 Å². The molecule has 116 valence electrons. The first-order valence-corrected chi connectivity index (χ1v) is 7.24. The number of nitrogens with one attached hydrogen (secondary N) is 1. The lowest BCUT2D eigenvalue weighted by atomic mass is 9.98. The molecule has 0 bridgehead atoms. The summed E-state index contributed by atoms with van der Waals surface area (Å²) in [6, 6.07) is 4.98. The van der Waals surface area contributed by atoms with Crippen LogP contribution < -0.4 is 11.3 Å². The van der Waals surface area contributed by atoms with Gasteiger partial charge in [-0.2, -0.15) is 0 Å². The minimum Gasteiger partial charge on any atom is -0.396 e. The molecule has 0 aliphatic carbocycles. The average Bonchev–Trinajstić information content (AvgIpc) is 2.49. The summed E-state index contributed by atoms with van der Waals surface area (Å²) in [6.07, 6.45) is 4.07. The van der Waals surface area contributed by atoms with Crippen molar-refractivity contribution in [3.05, 3.63) is 33.9 Å². The summed E-state index contributed by atoms with van der Waals surface area (Å²) in [4.78, 5) is 12.8. The molecule has 1 atom stereocenters. The van der Waals surface area contributed by atoms with Gasteiger partial charge in [0.15, 0.2) is 0 Å². The van der Waals surface area contributed by atoms with Gasteiger partial charge in [-0.1, -0.05) is 6.42 Å². The number of nitrogens with zero attached hydrogens (tertiary/aromatic N) is 2. The predicted molar refractivity (Wildman–Crippen MR) is 80.7 cm³/mol. The van der Waals surface area contributed by atoms with Crippen LogP contribution >= 0.6 is 0 Å². The zero-order valence-corrected chi connectivity index (χ0v) is 12.0. The highest BCUT2D eigenvalue weighted by atomic mass is 16.6. The van der Waals surface area contributed by atoms with Gasteiger partial charge in [0.2, 0.25) is 0 Å². The van der Waals surface area contributed by atoms with Gasteiger partial charge in [-0.15, -0.1) is 0 Å². The lowest BCUT2D eigenvalue weighted by molar-refractivity contribution is -0.384. The zero-order chi connectivity index (χ0) is 15.2. The first-order valence-electron chi connectivity index (χ1n) is 7.24. The maximum Gasteiger partial charge on any atom is 0.269 e. The molecule has 1 aromatic rings. The van der Waals surface area contributed by atoms with Crippen LogP contribution in [-0.4, -0.2) is 34.1 Å². The maximum atomic E-state index is 10.9. The Morgan fingerprint density at radius 3 is 2.95 bits per heavy atom. The number of benzene rings is 1. The van der Waals surface area contributed by atoms with Crippen molar-refractivity contribution in [3.63, 3.8) is 0 Å². The number of likely N-dealkylation sites (tertiary alicyclic amines) is 1. The van der Waals surface area contributed by atoms with E-state index in [1.165, 1.54) is 6.07 Å². The molecular weight excluding hydrogens is 272 g/mol. The van der Waals surface area contributed by atoms with E-state index in [1.807, 2.05) is 0 Å². The molecule has 0 radical (unpaired) electrons. The molecule has 1 heterocycles. The number of aliphatic hydroxyl groups is 1. The Bertz CT molecular complexity index is 493. The van der Waals surface area contributed by atoms with Gasteiger partial charge >= 0.3 is 0 Å². The minimum absolute atomic E-state index is 0.0692. The van der Waals surface area contributed by atoms with Crippen molar-refractivity contribution >= 4 is 11.4 Å². The van der Waals surface area contributed by atoms with E-state index in [9.17, 15) is 15.2 Å². The molecule has 0 aromatic heterocycles. The summed E-state index contributed by atoms with van der Waals surface area (Å²) in [5.41, 5.74) is 4.19. The van der Waals surface area contributed by atoms with Crippen molar-refractivity contribution in [3.8, 4) is 0 Å². The van der Waals surface area contributed by atoms with E-state index in [0.29, 0.717) is 18.3 Å². The Morgan fingerprint density at radius 1 is 1.48 bits per heavy atom. The number of anilines is 1. The van der Waals surface area contributed by atoms with E-state index in [2.05, 4.69) is 10.3 Å². The molecule has 1 aliphatic heterocycles. The number of hydrogen-bond donors (Lipinski definition) is 3. The van der Waals surface area contributed by atoms with Crippen LogP contribution in [0.2, 0.25) is 0 Å². The van der Waals surface area contributed by atoms with Gasteiger partial charge in [-0.05, 0) is 37.4 Å². The third-order valence-corrected chi connectivity index (χ3v) is 4.04. The van der Waals surface area contributed by atoms with E-state index in [-0.39, 0.29) is 12.3 Å². The lowest BCUT2D eigenvalue weighted by Crippen LogP contribution is -2.39. The molecule has 1 fully saturated rings. The largest absolute Gasteiger partial charge is 0.396 e. The number of piperidine rings is 1. The normalized spacial score (nSPS) is 19.4. The highest BCUT2D eigenvalue weighted by Crippen LogP contribution is 2.27.